The van der Waals surface area contributed by atoms with Crippen LogP contribution in [0.1, 0.15) is 0 Å². The van der Waals surface area contributed by atoms with Gasteiger partial charge in [-0.3, -0.25) is 10.1 Å². The quantitative estimate of drug-likeness (QED) is 0.658. The molecule has 0 aliphatic carbocycles. The fraction of sp³-hybridized carbons (Fsp3) is 0.154. The third-order valence-corrected chi connectivity index (χ3v) is 2.96. The Hall–Kier alpha value is -3.03. The van der Waals surface area contributed by atoms with E-state index in [4.69, 9.17) is 9.47 Å². The molecule has 0 spiro atoms. The number of nitro groups is 1. The second-order valence-electron chi connectivity index (χ2n) is 4.26. The van der Waals surface area contributed by atoms with Crippen molar-refractivity contribution in [3.63, 3.8) is 0 Å². The largest absolute Gasteiger partial charge is 0.454 e. The second-order valence-corrected chi connectivity index (χ2v) is 4.26. The summed E-state index contributed by atoms with van der Waals surface area (Å²) in [5.74, 6) is 1.92. The number of aromatic nitrogens is 1. The Morgan fingerprint density at radius 2 is 2.05 bits per heavy atom. The third-order valence-electron chi connectivity index (χ3n) is 2.96. The normalized spacial score (nSPS) is 12.0. The van der Waals surface area contributed by atoms with E-state index in [0.717, 1.165) is 0 Å². The van der Waals surface area contributed by atoms with Crippen molar-refractivity contribution in [1.29, 1.82) is 0 Å². The average Bonchev–Trinajstić information content (AvgIpc) is 2.94. The maximum atomic E-state index is 11.1. The zero-order valence-corrected chi connectivity index (χ0v) is 11.1. The number of ether oxygens (including phenoxy) is 2. The Morgan fingerprint density at radius 3 is 2.81 bits per heavy atom. The van der Waals surface area contributed by atoms with Gasteiger partial charge in [0.2, 0.25) is 12.6 Å². The molecule has 0 unspecified atom stereocenters. The van der Waals surface area contributed by atoms with E-state index < -0.39 is 4.92 Å². The highest BCUT2D eigenvalue weighted by Gasteiger charge is 2.18. The SMILES string of the molecule is CNc1ccc([N+](=O)[O-])c(Nc2ccc3c(c2)OCO3)n1. The van der Waals surface area contributed by atoms with Crippen LogP contribution >= 0.6 is 0 Å². The number of fused-ring (bicyclic) bond motifs is 1. The molecule has 0 fully saturated rings. The monoisotopic (exact) mass is 288 g/mol. The highest BCUT2D eigenvalue weighted by Crippen LogP contribution is 2.36. The van der Waals surface area contributed by atoms with Gasteiger partial charge in [-0.15, -0.1) is 0 Å². The highest BCUT2D eigenvalue weighted by molar-refractivity contribution is 5.69. The summed E-state index contributed by atoms with van der Waals surface area (Å²) in [6.07, 6.45) is 0. The van der Waals surface area contributed by atoms with Crippen LogP contribution in [0.25, 0.3) is 0 Å². The van der Waals surface area contributed by atoms with Gasteiger partial charge < -0.3 is 20.1 Å². The molecule has 1 aliphatic heterocycles. The molecule has 0 bridgehead atoms. The Balaban J connectivity index is 1.95. The molecule has 1 aromatic heterocycles. The van der Waals surface area contributed by atoms with Gasteiger partial charge in [-0.2, -0.15) is 0 Å². The first kappa shape index (κ1) is 13.0. The molecule has 8 nitrogen and oxygen atoms in total. The molecule has 108 valence electrons. The Bertz CT molecular complexity index is 705. The third kappa shape index (κ3) is 2.50. The molecule has 1 aromatic carbocycles. The van der Waals surface area contributed by atoms with E-state index in [-0.39, 0.29) is 18.3 Å². The van der Waals surface area contributed by atoms with Gasteiger partial charge in [0.1, 0.15) is 5.82 Å². The second kappa shape index (κ2) is 5.16. The predicted molar refractivity (Wildman–Crippen MR) is 76.3 cm³/mol. The van der Waals surface area contributed by atoms with Crippen molar-refractivity contribution in [1.82, 2.24) is 4.98 Å². The number of nitrogens with zero attached hydrogens (tertiary/aromatic N) is 2. The van der Waals surface area contributed by atoms with Crippen LogP contribution in [0.2, 0.25) is 0 Å². The Morgan fingerprint density at radius 1 is 1.24 bits per heavy atom. The number of hydrogen-bond acceptors (Lipinski definition) is 7. The number of nitrogens with one attached hydrogen (secondary N) is 2. The molecule has 1 aliphatic rings. The highest BCUT2D eigenvalue weighted by atomic mass is 16.7. The summed E-state index contributed by atoms with van der Waals surface area (Å²) in [5.41, 5.74) is 0.523. The standard InChI is InChI=1S/C13H12N4O4/c1-14-12-5-3-9(17(18)19)13(16-12)15-8-2-4-10-11(6-8)21-7-20-10/h2-6H,7H2,1H3,(H2,14,15,16). The first-order valence-corrected chi connectivity index (χ1v) is 6.17. The van der Waals surface area contributed by atoms with Gasteiger partial charge in [-0.1, -0.05) is 0 Å². The minimum Gasteiger partial charge on any atom is -0.454 e. The smallest absolute Gasteiger partial charge is 0.311 e. The lowest BCUT2D eigenvalue weighted by Gasteiger charge is -2.08. The van der Waals surface area contributed by atoms with E-state index >= 15 is 0 Å². The van der Waals surface area contributed by atoms with Crippen molar-refractivity contribution in [2.24, 2.45) is 0 Å². The van der Waals surface area contributed by atoms with Crippen molar-refractivity contribution in [2.75, 3.05) is 24.5 Å². The summed E-state index contributed by atoms with van der Waals surface area (Å²) in [5, 5.41) is 16.8. The average molecular weight is 288 g/mol. The number of rotatable bonds is 4. The topological polar surface area (TPSA) is 98.6 Å². The number of pyridine rings is 1. The minimum absolute atomic E-state index is 0.105. The van der Waals surface area contributed by atoms with Crippen molar-refractivity contribution < 1.29 is 14.4 Å². The van der Waals surface area contributed by atoms with Gasteiger partial charge in [0.05, 0.1) is 4.92 Å². The number of benzene rings is 1. The fourth-order valence-corrected chi connectivity index (χ4v) is 1.94. The van der Waals surface area contributed by atoms with Gasteiger partial charge in [0.15, 0.2) is 11.5 Å². The Kier molecular flexibility index (Phi) is 3.19. The van der Waals surface area contributed by atoms with Gasteiger partial charge in [-0.25, -0.2) is 4.98 Å². The lowest BCUT2D eigenvalue weighted by molar-refractivity contribution is -0.384. The van der Waals surface area contributed by atoms with Gasteiger partial charge in [0.25, 0.3) is 0 Å². The maximum absolute atomic E-state index is 11.1. The molecular formula is C13H12N4O4. The van der Waals surface area contributed by atoms with E-state index in [1.165, 1.54) is 6.07 Å². The van der Waals surface area contributed by atoms with Crippen LogP contribution in [0.15, 0.2) is 30.3 Å². The molecule has 2 N–H and O–H groups in total. The minimum atomic E-state index is -0.484. The van der Waals surface area contributed by atoms with E-state index in [0.29, 0.717) is 23.0 Å². The van der Waals surface area contributed by atoms with Crippen LogP contribution < -0.4 is 20.1 Å². The van der Waals surface area contributed by atoms with Crippen molar-refractivity contribution in [3.05, 3.63) is 40.4 Å². The molecule has 0 radical (unpaired) electrons. The van der Waals surface area contributed by atoms with Crippen LogP contribution in [0, 0.1) is 10.1 Å². The van der Waals surface area contributed by atoms with Crippen molar-refractivity contribution >= 4 is 23.0 Å². The van der Waals surface area contributed by atoms with Gasteiger partial charge in [0, 0.05) is 24.9 Å². The molecule has 0 atom stereocenters. The molecule has 8 heteroatoms. The Labute approximate surface area is 119 Å². The zero-order chi connectivity index (χ0) is 14.8. The van der Waals surface area contributed by atoms with Crippen LogP contribution in [-0.4, -0.2) is 23.7 Å². The summed E-state index contributed by atoms with van der Waals surface area (Å²) in [4.78, 5) is 14.7. The first-order valence-electron chi connectivity index (χ1n) is 6.17. The molecule has 2 heterocycles. The maximum Gasteiger partial charge on any atom is 0.311 e. The summed E-state index contributed by atoms with van der Waals surface area (Å²) < 4.78 is 10.5. The fourth-order valence-electron chi connectivity index (χ4n) is 1.94. The lowest BCUT2D eigenvalue weighted by Crippen LogP contribution is -2.02. The van der Waals surface area contributed by atoms with E-state index in [2.05, 4.69) is 15.6 Å². The molecule has 0 saturated carbocycles. The van der Waals surface area contributed by atoms with Crippen LogP contribution in [0.5, 0.6) is 11.5 Å². The van der Waals surface area contributed by atoms with Crippen molar-refractivity contribution in [3.8, 4) is 11.5 Å². The van der Waals surface area contributed by atoms with E-state index in [1.54, 1.807) is 31.3 Å². The van der Waals surface area contributed by atoms with Crippen LogP contribution in [0.3, 0.4) is 0 Å². The van der Waals surface area contributed by atoms with Crippen LogP contribution in [0.4, 0.5) is 23.0 Å². The molecule has 0 saturated heterocycles. The van der Waals surface area contributed by atoms with Gasteiger partial charge >= 0.3 is 5.69 Å². The van der Waals surface area contributed by atoms with Crippen LogP contribution in [-0.2, 0) is 0 Å². The molecule has 3 rings (SSSR count). The first-order chi connectivity index (χ1) is 10.2. The molecule has 21 heavy (non-hydrogen) atoms. The van der Waals surface area contributed by atoms with E-state index in [9.17, 15) is 10.1 Å². The summed E-state index contributed by atoms with van der Waals surface area (Å²) in [7, 11) is 1.69. The summed E-state index contributed by atoms with van der Waals surface area (Å²) in [6.45, 7) is 0.173. The van der Waals surface area contributed by atoms with Gasteiger partial charge in [-0.05, 0) is 18.2 Å². The van der Waals surface area contributed by atoms with Crippen molar-refractivity contribution in [2.45, 2.75) is 0 Å². The molecular weight excluding hydrogens is 276 g/mol. The molecule has 2 aromatic rings. The zero-order valence-electron chi connectivity index (χ0n) is 11.1. The number of anilines is 3. The molecule has 0 amide bonds. The summed E-state index contributed by atoms with van der Waals surface area (Å²) in [6, 6.07) is 8.13. The predicted octanol–water partition coefficient (Wildman–Crippen LogP) is 2.50. The summed E-state index contributed by atoms with van der Waals surface area (Å²) >= 11 is 0. The van der Waals surface area contributed by atoms with E-state index in [1.807, 2.05) is 0 Å². The number of hydrogen-bond donors (Lipinski definition) is 2. The lowest BCUT2D eigenvalue weighted by atomic mass is 10.2.